The molecule has 0 aliphatic heterocycles. The van der Waals surface area contributed by atoms with Crippen molar-refractivity contribution in [3.05, 3.63) is 11.8 Å². The molecule has 5 heteroatoms. The van der Waals surface area contributed by atoms with E-state index in [9.17, 15) is 8.42 Å². The van der Waals surface area contributed by atoms with Crippen LogP contribution in [-0.4, -0.2) is 28.4 Å². The first kappa shape index (κ1) is 12.5. The lowest BCUT2D eigenvalue weighted by Crippen LogP contribution is -2.41. The Morgan fingerprint density at radius 1 is 1.53 bits per heavy atom. The minimum Gasteiger partial charge on any atom is -0.504 e. The van der Waals surface area contributed by atoms with E-state index in [0.717, 1.165) is 12.7 Å². The molecule has 88 valence electrons. The Morgan fingerprint density at radius 2 is 2.13 bits per heavy atom. The summed E-state index contributed by atoms with van der Waals surface area (Å²) in [5, 5.41) is 0. The second kappa shape index (κ2) is 4.14. The van der Waals surface area contributed by atoms with Gasteiger partial charge in [0.25, 0.3) is 10.1 Å². The summed E-state index contributed by atoms with van der Waals surface area (Å²) in [6.07, 6.45) is 3.65. The molecular formula is C10H18O4S. The lowest BCUT2D eigenvalue weighted by atomic mass is 9.59. The van der Waals surface area contributed by atoms with Gasteiger partial charge < -0.3 is 4.74 Å². The van der Waals surface area contributed by atoms with E-state index in [0.29, 0.717) is 0 Å². The molecule has 1 rings (SSSR count). The Hall–Kier alpha value is -0.550. The Labute approximate surface area is 91.4 Å². The van der Waals surface area contributed by atoms with E-state index < -0.39 is 10.1 Å². The van der Waals surface area contributed by atoms with Crippen molar-refractivity contribution in [2.24, 2.45) is 11.3 Å². The average Bonchev–Trinajstić information content (AvgIpc) is 2.08. The molecule has 4 nitrogen and oxygen atoms in total. The fourth-order valence-electron chi connectivity index (χ4n) is 1.73. The third-order valence-corrected chi connectivity index (χ3v) is 3.62. The predicted octanol–water partition coefficient (Wildman–Crippen LogP) is 1.54. The van der Waals surface area contributed by atoms with E-state index >= 15 is 0 Å². The van der Waals surface area contributed by atoms with Crippen LogP contribution >= 0.6 is 0 Å². The first-order valence-corrected chi connectivity index (χ1v) is 6.65. The number of rotatable bonds is 4. The number of methoxy groups -OCH3 is 1. The van der Waals surface area contributed by atoms with Crippen molar-refractivity contribution in [1.29, 1.82) is 0 Å². The smallest absolute Gasteiger partial charge is 0.264 e. The molecule has 1 aliphatic carbocycles. The molecule has 1 unspecified atom stereocenters. The lowest BCUT2D eigenvalue weighted by Gasteiger charge is -2.46. The topological polar surface area (TPSA) is 52.6 Å². The number of ether oxygens (including phenoxy) is 1. The summed E-state index contributed by atoms with van der Waals surface area (Å²) in [5.41, 5.74) is 1.17. The van der Waals surface area contributed by atoms with Gasteiger partial charge in [0.15, 0.2) is 0 Å². The van der Waals surface area contributed by atoms with Crippen LogP contribution in [0.4, 0.5) is 0 Å². The number of hydrogen-bond donors (Lipinski definition) is 0. The first-order chi connectivity index (χ1) is 6.77. The summed E-state index contributed by atoms with van der Waals surface area (Å²) in [5.74, 6) is 0.244. The van der Waals surface area contributed by atoms with Crippen molar-refractivity contribution in [1.82, 2.24) is 0 Å². The second-order valence-electron chi connectivity index (χ2n) is 4.49. The minimum atomic E-state index is -3.33. The van der Waals surface area contributed by atoms with Crippen molar-refractivity contribution in [3.8, 4) is 0 Å². The molecular weight excluding hydrogens is 216 g/mol. The van der Waals surface area contributed by atoms with Crippen LogP contribution < -0.4 is 0 Å². The highest BCUT2D eigenvalue weighted by Gasteiger charge is 2.44. The van der Waals surface area contributed by atoms with Crippen LogP contribution in [0.3, 0.4) is 0 Å². The van der Waals surface area contributed by atoms with Gasteiger partial charge in [0.1, 0.15) is 0 Å². The van der Waals surface area contributed by atoms with Gasteiger partial charge in [-0.15, -0.1) is 0 Å². The van der Waals surface area contributed by atoms with Gasteiger partial charge >= 0.3 is 0 Å². The average molecular weight is 234 g/mol. The molecule has 0 aromatic rings. The van der Waals surface area contributed by atoms with Gasteiger partial charge in [-0.3, -0.25) is 4.18 Å². The number of allylic oxidation sites excluding steroid dienone is 1. The lowest BCUT2D eigenvalue weighted by molar-refractivity contribution is 0.0940. The van der Waals surface area contributed by atoms with E-state index in [1.807, 2.05) is 0 Å². The molecule has 0 aromatic heterocycles. The SMILES string of the molecule is COC=C1CC(COS(C)(=O)=O)C1(C)C. The highest BCUT2D eigenvalue weighted by atomic mass is 32.2. The highest BCUT2D eigenvalue weighted by molar-refractivity contribution is 7.85. The Morgan fingerprint density at radius 3 is 2.53 bits per heavy atom. The minimum absolute atomic E-state index is 0.0271. The largest absolute Gasteiger partial charge is 0.504 e. The van der Waals surface area contributed by atoms with Crippen LogP contribution in [0, 0.1) is 11.3 Å². The van der Waals surface area contributed by atoms with Gasteiger partial charge in [-0.2, -0.15) is 8.42 Å². The molecule has 0 heterocycles. The van der Waals surface area contributed by atoms with Gasteiger partial charge in [-0.25, -0.2) is 0 Å². The summed E-state index contributed by atoms with van der Waals surface area (Å²) in [6, 6.07) is 0. The molecule has 1 fully saturated rings. The van der Waals surface area contributed by atoms with Crippen LogP contribution in [0.1, 0.15) is 20.3 Å². The Balaban J connectivity index is 2.53. The summed E-state index contributed by atoms with van der Waals surface area (Å²) in [7, 11) is -1.71. The molecule has 15 heavy (non-hydrogen) atoms. The van der Waals surface area contributed by atoms with Gasteiger partial charge in [0, 0.05) is 0 Å². The third kappa shape index (κ3) is 2.95. The maximum Gasteiger partial charge on any atom is 0.264 e. The Kier molecular flexibility index (Phi) is 3.45. The van der Waals surface area contributed by atoms with E-state index in [4.69, 9.17) is 8.92 Å². The van der Waals surface area contributed by atoms with Crippen LogP contribution in [0.15, 0.2) is 11.8 Å². The summed E-state index contributed by atoms with van der Waals surface area (Å²) >= 11 is 0. The van der Waals surface area contributed by atoms with E-state index in [-0.39, 0.29) is 17.9 Å². The zero-order valence-electron chi connectivity index (χ0n) is 9.61. The summed E-state index contributed by atoms with van der Waals surface area (Å²) in [4.78, 5) is 0. The molecule has 0 amide bonds. The quantitative estimate of drug-likeness (QED) is 0.547. The number of hydrogen-bond acceptors (Lipinski definition) is 4. The van der Waals surface area contributed by atoms with Crippen LogP contribution in [0.25, 0.3) is 0 Å². The summed E-state index contributed by atoms with van der Waals surface area (Å²) < 4.78 is 31.4. The van der Waals surface area contributed by atoms with Crippen molar-refractivity contribution in [2.75, 3.05) is 20.0 Å². The molecule has 0 saturated heterocycles. The normalized spacial score (nSPS) is 27.5. The van der Waals surface area contributed by atoms with Crippen LogP contribution in [0.5, 0.6) is 0 Å². The van der Waals surface area contributed by atoms with Gasteiger partial charge in [-0.1, -0.05) is 13.8 Å². The summed E-state index contributed by atoms with van der Waals surface area (Å²) in [6.45, 7) is 4.39. The highest BCUT2D eigenvalue weighted by Crippen LogP contribution is 2.50. The van der Waals surface area contributed by atoms with Gasteiger partial charge in [0.2, 0.25) is 0 Å². The molecule has 1 atom stereocenters. The zero-order valence-corrected chi connectivity index (χ0v) is 10.4. The van der Waals surface area contributed by atoms with Crippen molar-refractivity contribution < 1.29 is 17.3 Å². The first-order valence-electron chi connectivity index (χ1n) is 4.84. The van der Waals surface area contributed by atoms with Crippen molar-refractivity contribution in [2.45, 2.75) is 20.3 Å². The molecule has 0 aromatic carbocycles. The van der Waals surface area contributed by atoms with E-state index in [1.165, 1.54) is 5.57 Å². The third-order valence-electron chi connectivity index (χ3n) is 3.06. The van der Waals surface area contributed by atoms with Crippen LogP contribution in [-0.2, 0) is 19.0 Å². The molecule has 1 aliphatic rings. The van der Waals surface area contributed by atoms with E-state index in [2.05, 4.69) is 13.8 Å². The molecule has 1 saturated carbocycles. The molecule has 0 N–H and O–H groups in total. The van der Waals surface area contributed by atoms with Crippen molar-refractivity contribution >= 4 is 10.1 Å². The zero-order chi connectivity index (χ0) is 11.7. The maximum atomic E-state index is 10.8. The standard InChI is InChI=1S/C10H18O4S/c1-10(2)8(6-13-3)5-9(10)7-14-15(4,11)12/h6,9H,5,7H2,1-4H3. The monoisotopic (exact) mass is 234 g/mol. The van der Waals surface area contributed by atoms with Gasteiger partial charge in [0.05, 0.1) is 26.2 Å². The fraction of sp³-hybridized carbons (Fsp3) is 0.800. The Bertz CT molecular complexity index is 354. The molecule has 0 bridgehead atoms. The fourth-order valence-corrected chi connectivity index (χ4v) is 2.14. The maximum absolute atomic E-state index is 10.8. The van der Waals surface area contributed by atoms with Crippen LogP contribution in [0.2, 0.25) is 0 Å². The molecule has 0 radical (unpaired) electrons. The van der Waals surface area contributed by atoms with Crippen molar-refractivity contribution in [3.63, 3.8) is 0 Å². The van der Waals surface area contributed by atoms with E-state index in [1.54, 1.807) is 13.4 Å². The molecule has 0 spiro atoms. The predicted molar refractivity (Wildman–Crippen MR) is 57.8 cm³/mol. The van der Waals surface area contributed by atoms with Gasteiger partial charge in [-0.05, 0) is 23.3 Å². The second-order valence-corrected chi connectivity index (χ2v) is 6.13.